The normalized spacial score (nSPS) is 16.9. The van der Waals surface area contributed by atoms with Gasteiger partial charge in [0, 0.05) is 38.4 Å². The van der Waals surface area contributed by atoms with E-state index in [1.807, 2.05) is 21.7 Å². The fourth-order valence-electron chi connectivity index (χ4n) is 4.14. The minimum absolute atomic E-state index is 0.0379. The zero-order valence-electron chi connectivity index (χ0n) is 18.1. The first kappa shape index (κ1) is 20.4. The van der Waals surface area contributed by atoms with Crippen LogP contribution < -0.4 is 5.32 Å². The molecule has 0 unspecified atom stereocenters. The first-order valence-corrected chi connectivity index (χ1v) is 10.8. The molecule has 0 radical (unpaired) electrons. The van der Waals surface area contributed by atoms with Crippen LogP contribution in [0.3, 0.4) is 0 Å². The number of urea groups is 1. The van der Waals surface area contributed by atoms with Crippen LogP contribution in [0.1, 0.15) is 55.2 Å². The quantitative estimate of drug-likeness (QED) is 0.825. The summed E-state index contributed by atoms with van der Waals surface area (Å²) in [6.07, 6.45) is 4.85. The van der Waals surface area contributed by atoms with Crippen LogP contribution in [0.2, 0.25) is 0 Å². The number of fused-ring (bicyclic) bond motifs is 1. The van der Waals surface area contributed by atoms with E-state index in [0.29, 0.717) is 26.2 Å². The van der Waals surface area contributed by atoms with Crippen molar-refractivity contribution in [2.45, 2.75) is 52.0 Å². The largest absolute Gasteiger partial charge is 0.335 e. The van der Waals surface area contributed by atoms with Gasteiger partial charge in [-0.1, -0.05) is 32.9 Å². The first-order chi connectivity index (χ1) is 14.3. The first-order valence-electron chi connectivity index (χ1n) is 10.8. The molecule has 7 nitrogen and oxygen atoms in total. The summed E-state index contributed by atoms with van der Waals surface area (Å²) in [6, 6.07) is 7.88. The van der Waals surface area contributed by atoms with Gasteiger partial charge < -0.3 is 15.1 Å². The Bertz CT molecular complexity index is 918. The summed E-state index contributed by atoms with van der Waals surface area (Å²) in [4.78, 5) is 29.2. The molecule has 0 saturated carbocycles. The van der Waals surface area contributed by atoms with Crippen LogP contribution in [0.15, 0.2) is 30.5 Å². The molecular weight excluding hydrogens is 378 g/mol. The number of benzene rings is 1. The second-order valence-corrected chi connectivity index (χ2v) is 9.22. The van der Waals surface area contributed by atoms with Crippen molar-refractivity contribution in [3.05, 3.63) is 47.3 Å². The van der Waals surface area contributed by atoms with Crippen LogP contribution >= 0.6 is 0 Å². The third-order valence-corrected chi connectivity index (χ3v) is 6.07. The summed E-state index contributed by atoms with van der Waals surface area (Å²) in [5.74, 6) is 0.0379. The van der Waals surface area contributed by atoms with Crippen LogP contribution in [-0.4, -0.2) is 57.7 Å². The lowest BCUT2D eigenvalue weighted by Gasteiger charge is -2.34. The van der Waals surface area contributed by atoms with Gasteiger partial charge in [0.05, 0.1) is 17.5 Å². The molecule has 2 aliphatic rings. The van der Waals surface area contributed by atoms with Crippen molar-refractivity contribution in [1.29, 1.82) is 0 Å². The predicted octanol–water partition coefficient (Wildman–Crippen LogP) is 3.51. The Morgan fingerprint density at radius 3 is 2.27 bits per heavy atom. The summed E-state index contributed by atoms with van der Waals surface area (Å²) in [6.45, 7) is 9.54. The van der Waals surface area contributed by atoms with Gasteiger partial charge in [-0.3, -0.25) is 9.48 Å². The molecule has 1 aromatic heterocycles. The Balaban J connectivity index is 1.32. The number of hydrogen-bond acceptors (Lipinski definition) is 3. The smallest absolute Gasteiger partial charge is 0.321 e. The third-order valence-electron chi connectivity index (χ3n) is 6.07. The van der Waals surface area contributed by atoms with Gasteiger partial charge in [0.2, 0.25) is 0 Å². The number of aryl methyl sites for hydroxylation is 1. The number of rotatable bonds is 2. The number of amides is 3. The summed E-state index contributed by atoms with van der Waals surface area (Å²) in [5, 5.41) is 7.35. The molecule has 160 valence electrons. The Hall–Kier alpha value is -2.83. The molecule has 3 amide bonds. The molecule has 0 atom stereocenters. The number of aromatic nitrogens is 2. The summed E-state index contributed by atoms with van der Waals surface area (Å²) >= 11 is 0. The fraction of sp³-hybridized carbons (Fsp3) is 0.522. The topological polar surface area (TPSA) is 70.5 Å². The lowest BCUT2D eigenvalue weighted by Crippen LogP contribution is -2.51. The number of carbonyl (C=O) groups is 2. The van der Waals surface area contributed by atoms with Gasteiger partial charge in [0.15, 0.2) is 0 Å². The number of nitrogens with one attached hydrogen (secondary N) is 1. The van der Waals surface area contributed by atoms with E-state index in [1.165, 1.54) is 5.56 Å². The number of nitrogens with zero attached hydrogens (tertiary/aromatic N) is 4. The molecule has 4 rings (SSSR count). The van der Waals surface area contributed by atoms with Crippen LogP contribution in [0.4, 0.5) is 10.5 Å². The zero-order valence-corrected chi connectivity index (χ0v) is 18.1. The van der Waals surface area contributed by atoms with E-state index < -0.39 is 0 Å². The van der Waals surface area contributed by atoms with Gasteiger partial charge in [-0.05, 0) is 42.4 Å². The highest BCUT2D eigenvalue weighted by atomic mass is 16.2. The molecule has 2 aliphatic heterocycles. The Morgan fingerprint density at radius 1 is 0.933 bits per heavy atom. The second-order valence-electron chi connectivity index (χ2n) is 9.22. The van der Waals surface area contributed by atoms with Crippen molar-refractivity contribution in [1.82, 2.24) is 19.6 Å². The highest BCUT2D eigenvalue weighted by molar-refractivity contribution is 5.95. The Morgan fingerprint density at radius 2 is 1.60 bits per heavy atom. The van der Waals surface area contributed by atoms with Gasteiger partial charge in [-0.15, -0.1) is 0 Å². The minimum Gasteiger partial charge on any atom is -0.335 e. The molecule has 1 aromatic carbocycles. The van der Waals surface area contributed by atoms with Crippen LogP contribution in [0.25, 0.3) is 0 Å². The molecule has 1 N–H and O–H groups in total. The average Bonchev–Trinajstić information content (AvgIpc) is 3.17. The van der Waals surface area contributed by atoms with Gasteiger partial charge in [0.1, 0.15) is 0 Å². The van der Waals surface area contributed by atoms with E-state index in [0.717, 1.165) is 42.8 Å². The van der Waals surface area contributed by atoms with E-state index in [9.17, 15) is 9.59 Å². The predicted molar refractivity (Wildman–Crippen MR) is 117 cm³/mol. The summed E-state index contributed by atoms with van der Waals surface area (Å²) < 4.78 is 1.96. The lowest BCUT2D eigenvalue weighted by atomic mass is 9.87. The Labute approximate surface area is 178 Å². The standard InChI is InChI=1S/C23H31N5O2/c1-23(2,3)17-7-9-18(10-8-17)25-22(30)27-14-12-26(13-15-27)21(29)19-16-24-28-11-5-4-6-20(19)28/h7-10,16H,4-6,11-15H2,1-3H3,(H,25,30). The SMILES string of the molecule is CC(C)(C)c1ccc(NC(=O)N2CCN(C(=O)c3cnn4c3CCCC4)CC2)cc1. The zero-order chi connectivity index (χ0) is 21.3. The van der Waals surface area contributed by atoms with Gasteiger partial charge in [-0.2, -0.15) is 5.10 Å². The van der Waals surface area contributed by atoms with Gasteiger partial charge in [-0.25, -0.2) is 4.79 Å². The van der Waals surface area contributed by atoms with Crippen LogP contribution in [0.5, 0.6) is 0 Å². The van der Waals surface area contributed by atoms with Crippen molar-refractivity contribution in [2.24, 2.45) is 0 Å². The molecule has 30 heavy (non-hydrogen) atoms. The number of piperazine rings is 1. The van der Waals surface area contributed by atoms with E-state index >= 15 is 0 Å². The lowest BCUT2D eigenvalue weighted by molar-refractivity contribution is 0.0670. The monoisotopic (exact) mass is 409 g/mol. The summed E-state index contributed by atoms with van der Waals surface area (Å²) in [5.41, 5.74) is 3.89. The second kappa shape index (κ2) is 8.13. The minimum atomic E-state index is -0.117. The maximum Gasteiger partial charge on any atom is 0.321 e. The van der Waals surface area contributed by atoms with Crippen molar-refractivity contribution in [3.8, 4) is 0 Å². The van der Waals surface area contributed by atoms with E-state index in [1.54, 1.807) is 11.1 Å². The van der Waals surface area contributed by atoms with E-state index in [2.05, 4.69) is 43.3 Å². The van der Waals surface area contributed by atoms with E-state index in [4.69, 9.17) is 0 Å². The molecule has 0 bridgehead atoms. The molecule has 2 aromatic rings. The van der Waals surface area contributed by atoms with Crippen LogP contribution in [-0.2, 0) is 18.4 Å². The average molecular weight is 410 g/mol. The maximum atomic E-state index is 13.0. The highest BCUT2D eigenvalue weighted by Gasteiger charge is 2.28. The van der Waals surface area contributed by atoms with E-state index in [-0.39, 0.29) is 17.4 Å². The number of anilines is 1. The van der Waals surface area contributed by atoms with Crippen molar-refractivity contribution < 1.29 is 9.59 Å². The molecular formula is C23H31N5O2. The molecule has 0 spiro atoms. The highest BCUT2D eigenvalue weighted by Crippen LogP contribution is 2.24. The molecule has 0 aliphatic carbocycles. The maximum absolute atomic E-state index is 13.0. The van der Waals surface area contributed by atoms with Crippen molar-refractivity contribution in [3.63, 3.8) is 0 Å². The van der Waals surface area contributed by atoms with Crippen molar-refractivity contribution in [2.75, 3.05) is 31.5 Å². The third kappa shape index (κ3) is 4.20. The van der Waals surface area contributed by atoms with Crippen molar-refractivity contribution >= 4 is 17.6 Å². The number of carbonyl (C=O) groups excluding carboxylic acids is 2. The number of hydrogen-bond donors (Lipinski definition) is 1. The Kier molecular flexibility index (Phi) is 5.54. The fourth-order valence-corrected chi connectivity index (χ4v) is 4.14. The molecule has 7 heteroatoms. The van der Waals surface area contributed by atoms with Crippen LogP contribution in [0, 0.1) is 0 Å². The van der Waals surface area contributed by atoms with Gasteiger partial charge in [0.25, 0.3) is 5.91 Å². The molecule has 3 heterocycles. The summed E-state index contributed by atoms with van der Waals surface area (Å²) in [7, 11) is 0. The van der Waals surface area contributed by atoms with Gasteiger partial charge >= 0.3 is 6.03 Å². The molecule has 1 fully saturated rings. The molecule has 1 saturated heterocycles.